The molecule has 0 amide bonds. The molecular weight excluding hydrogens is 252 g/mol. The molecule has 0 fully saturated rings. The van der Waals surface area contributed by atoms with Crippen LogP contribution in [-0.2, 0) is 0 Å². The van der Waals surface area contributed by atoms with E-state index in [0.29, 0.717) is 10.0 Å². The molecule has 0 aliphatic heterocycles. The number of halogens is 1. The number of carbonyl (C=O) groups is 1. The number of aromatic nitrogens is 1. The highest BCUT2D eigenvalue weighted by atomic mass is 79.9. The molecule has 0 atom stereocenters. The molecule has 0 saturated heterocycles. The van der Waals surface area contributed by atoms with Gasteiger partial charge in [-0.3, -0.25) is 0 Å². The van der Waals surface area contributed by atoms with Gasteiger partial charge in [-0.2, -0.15) is 4.98 Å². The van der Waals surface area contributed by atoms with Gasteiger partial charge in [-0.05, 0) is 22.9 Å². The third-order valence-electron chi connectivity index (χ3n) is 1.80. The Morgan fingerprint density at radius 2 is 2.21 bits per heavy atom. The third-order valence-corrected chi connectivity index (χ3v) is 2.53. The summed E-state index contributed by atoms with van der Waals surface area (Å²) in [7, 11) is 1.40. The van der Waals surface area contributed by atoms with Crippen LogP contribution in [0.5, 0.6) is 5.88 Å². The summed E-state index contributed by atoms with van der Waals surface area (Å²) in [6.45, 7) is 1.59. The number of hydrogen-bond acceptors (Lipinski definition) is 4. The van der Waals surface area contributed by atoms with E-state index in [4.69, 9.17) is 15.6 Å². The Hall–Kier alpha value is -1.30. The maximum absolute atomic E-state index is 10.9. The van der Waals surface area contributed by atoms with Crippen LogP contribution < -0.4 is 10.5 Å². The lowest BCUT2D eigenvalue weighted by molar-refractivity contribution is 0.0694. The van der Waals surface area contributed by atoms with Crippen LogP contribution in [0.4, 0.5) is 5.82 Å². The van der Waals surface area contributed by atoms with Gasteiger partial charge in [0.1, 0.15) is 5.82 Å². The molecule has 0 aliphatic carbocycles. The SMILES string of the molecule is COc1nc(N)c(C)c(C(=O)O)c1Br. The molecule has 0 unspecified atom stereocenters. The minimum absolute atomic E-state index is 0.0781. The molecule has 0 saturated carbocycles. The minimum Gasteiger partial charge on any atom is -0.480 e. The number of carboxylic acids is 1. The summed E-state index contributed by atoms with van der Waals surface area (Å²) in [5.41, 5.74) is 6.03. The molecule has 76 valence electrons. The van der Waals surface area contributed by atoms with Gasteiger partial charge in [0.2, 0.25) is 5.88 Å². The molecule has 5 nitrogen and oxygen atoms in total. The number of methoxy groups -OCH3 is 1. The van der Waals surface area contributed by atoms with Crippen LogP contribution in [0.25, 0.3) is 0 Å². The van der Waals surface area contributed by atoms with Crippen LogP contribution in [-0.4, -0.2) is 23.2 Å². The van der Waals surface area contributed by atoms with Crippen LogP contribution in [0.1, 0.15) is 15.9 Å². The molecule has 0 aromatic carbocycles. The van der Waals surface area contributed by atoms with E-state index in [1.807, 2.05) is 0 Å². The quantitative estimate of drug-likeness (QED) is 0.841. The van der Waals surface area contributed by atoms with Crippen molar-refractivity contribution in [2.24, 2.45) is 0 Å². The summed E-state index contributed by atoms with van der Waals surface area (Å²) in [5.74, 6) is -0.741. The second-order valence-corrected chi connectivity index (χ2v) is 3.42. The average molecular weight is 261 g/mol. The van der Waals surface area contributed by atoms with E-state index >= 15 is 0 Å². The highest BCUT2D eigenvalue weighted by molar-refractivity contribution is 9.10. The Kier molecular flexibility index (Phi) is 2.95. The number of anilines is 1. The van der Waals surface area contributed by atoms with Crippen molar-refractivity contribution in [2.75, 3.05) is 12.8 Å². The molecule has 1 rings (SSSR count). The predicted molar refractivity (Wildman–Crippen MR) is 54.6 cm³/mol. The van der Waals surface area contributed by atoms with Gasteiger partial charge in [-0.1, -0.05) is 0 Å². The Morgan fingerprint density at radius 3 is 2.64 bits per heavy atom. The fourth-order valence-electron chi connectivity index (χ4n) is 1.03. The zero-order valence-electron chi connectivity index (χ0n) is 7.67. The largest absolute Gasteiger partial charge is 0.480 e. The topological polar surface area (TPSA) is 85.4 Å². The second kappa shape index (κ2) is 3.83. The first-order chi connectivity index (χ1) is 6.49. The monoisotopic (exact) mass is 260 g/mol. The van der Waals surface area contributed by atoms with E-state index in [1.165, 1.54) is 7.11 Å². The molecule has 3 N–H and O–H groups in total. The summed E-state index contributed by atoms with van der Waals surface area (Å²) in [6.07, 6.45) is 0. The van der Waals surface area contributed by atoms with Crippen molar-refractivity contribution in [2.45, 2.75) is 6.92 Å². The van der Waals surface area contributed by atoms with Gasteiger partial charge in [0.15, 0.2) is 0 Å². The van der Waals surface area contributed by atoms with Crippen molar-refractivity contribution in [3.05, 3.63) is 15.6 Å². The maximum atomic E-state index is 10.9. The Morgan fingerprint density at radius 1 is 1.64 bits per heavy atom. The summed E-state index contributed by atoms with van der Waals surface area (Å²) >= 11 is 3.10. The van der Waals surface area contributed by atoms with Gasteiger partial charge in [0.05, 0.1) is 17.1 Å². The second-order valence-electron chi connectivity index (χ2n) is 2.63. The first-order valence-corrected chi connectivity index (χ1v) is 4.51. The van der Waals surface area contributed by atoms with Crippen LogP contribution in [0.15, 0.2) is 4.47 Å². The number of nitrogens with two attached hydrogens (primary N) is 1. The lowest BCUT2D eigenvalue weighted by Crippen LogP contribution is -2.08. The molecular formula is C8H9BrN2O3. The number of nitrogen functional groups attached to an aromatic ring is 1. The average Bonchev–Trinajstić information content (AvgIpc) is 2.11. The summed E-state index contributed by atoms with van der Waals surface area (Å²) in [4.78, 5) is 14.8. The Labute approximate surface area is 89.0 Å². The van der Waals surface area contributed by atoms with Gasteiger partial charge < -0.3 is 15.6 Å². The third kappa shape index (κ3) is 1.65. The number of ether oxygens (including phenoxy) is 1. The molecule has 14 heavy (non-hydrogen) atoms. The summed E-state index contributed by atoms with van der Waals surface area (Å²) < 4.78 is 5.18. The van der Waals surface area contributed by atoms with Crippen molar-refractivity contribution in [1.29, 1.82) is 0 Å². The lowest BCUT2D eigenvalue weighted by Gasteiger charge is -2.09. The Bertz CT molecular complexity index is 393. The van der Waals surface area contributed by atoms with Gasteiger partial charge in [0, 0.05) is 5.56 Å². The van der Waals surface area contributed by atoms with E-state index in [2.05, 4.69) is 20.9 Å². The van der Waals surface area contributed by atoms with E-state index in [0.717, 1.165) is 0 Å². The highest BCUT2D eigenvalue weighted by Crippen LogP contribution is 2.31. The molecule has 0 bridgehead atoms. The van der Waals surface area contributed by atoms with Crippen LogP contribution in [0, 0.1) is 6.92 Å². The zero-order chi connectivity index (χ0) is 10.9. The Balaban J connectivity index is 3.53. The van der Waals surface area contributed by atoms with E-state index in [9.17, 15) is 4.79 Å². The number of carboxylic acid groups (broad SMARTS) is 1. The van der Waals surface area contributed by atoms with E-state index in [1.54, 1.807) is 6.92 Å². The van der Waals surface area contributed by atoms with Gasteiger partial charge in [-0.25, -0.2) is 4.79 Å². The summed E-state index contributed by atoms with van der Waals surface area (Å²) in [5, 5.41) is 8.92. The van der Waals surface area contributed by atoms with Crippen molar-refractivity contribution < 1.29 is 14.6 Å². The number of pyridine rings is 1. The van der Waals surface area contributed by atoms with Gasteiger partial charge in [-0.15, -0.1) is 0 Å². The van der Waals surface area contributed by atoms with Crippen molar-refractivity contribution in [3.8, 4) is 5.88 Å². The maximum Gasteiger partial charge on any atom is 0.337 e. The van der Waals surface area contributed by atoms with Crippen LogP contribution in [0.2, 0.25) is 0 Å². The molecule has 1 aromatic rings. The molecule has 0 spiro atoms. The van der Waals surface area contributed by atoms with Gasteiger partial charge >= 0.3 is 5.97 Å². The number of aromatic carboxylic acids is 1. The minimum atomic E-state index is -1.07. The number of hydrogen-bond donors (Lipinski definition) is 2. The lowest BCUT2D eigenvalue weighted by atomic mass is 10.1. The fraction of sp³-hybridized carbons (Fsp3) is 0.250. The smallest absolute Gasteiger partial charge is 0.337 e. The van der Waals surface area contributed by atoms with Crippen LogP contribution >= 0.6 is 15.9 Å². The van der Waals surface area contributed by atoms with Crippen LogP contribution in [0.3, 0.4) is 0 Å². The molecule has 0 aliphatic rings. The number of rotatable bonds is 2. The molecule has 6 heteroatoms. The van der Waals surface area contributed by atoms with E-state index in [-0.39, 0.29) is 17.3 Å². The first-order valence-electron chi connectivity index (χ1n) is 3.71. The molecule has 1 heterocycles. The predicted octanol–water partition coefficient (Wildman–Crippen LogP) is 1.44. The van der Waals surface area contributed by atoms with Crippen molar-refractivity contribution in [1.82, 2.24) is 4.98 Å². The van der Waals surface area contributed by atoms with Crippen molar-refractivity contribution >= 4 is 27.7 Å². The zero-order valence-corrected chi connectivity index (χ0v) is 9.25. The normalized spacial score (nSPS) is 9.93. The first kappa shape index (κ1) is 10.8. The summed E-state index contributed by atoms with van der Waals surface area (Å²) in [6, 6.07) is 0. The number of nitrogens with zero attached hydrogens (tertiary/aromatic N) is 1. The van der Waals surface area contributed by atoms with Crippen molar-refractivity contribution in [3.63, 3.8) is 0 Å². The van der Waals surface area contributed by atoms with Gasteiger partial charge in [0.25, 0.3) is 0 Å². The molecule has 1 aromatic heterocycles. The fourth-order valence-corrected chi connectivity index (χ4v) is 1.75. The van der Waals surface area contributed by atoms with E-state index < -0.39 is 5.97 Å². The standard InChI is InChI=1S/C8H9BrN2O3/c1-3-4(8(12)13)5(9)7(14-2)11-6(3)10/h1-2H3,(H2,10,11)(H,12,13). The molecule has 0 radical (unpaired) electrons. The highest BCUT2D eigenvalue weighted by Gasteiger charge is 2.19.